The maximum atomic E-state index is 12.4. The number of hydrogen-bond acceptors (Lipinski definition) is 5. The SMILES string of the molecule is CCCCCCCCCCCCCC(=O)O[C@H]1[C@H](CO)OC(=O)[C@@H]1CCCCCCCCCCCC. The average Bonchev–Trinajstić information content (AvgIpc) is 3.17. The number of cyclic esters (lactones) is 1. The average molecular weight is 511 g/mol. The van der Waals surface area contributed by atoms with E-state index in [4.69, 9.17) is 9.47 Å². The molecular weight excluding hydrogens is 452 g/mol. The summed E-state index contributed by atoms with van der Waals surface area (Å²) < 4.78 is 11.0. The molecule has 0 aromatic heterocycles. The Kier molecular flexibility index (Phi) is 21.1. The maximum Gasteiger partial charge on any atom is 0.313 e. The highest BCUT2D eigenvalue weighted by molar-refractivity contribution is 5.77. The molecule has 3 atom stereocenters. The van der Waals surface area contributed by atoms with Crippen LogP contribution in [-0.2, 0) is 19.1 Å². The highest BCUT2D eigenvalue weighted by atomic mass is 16.6. The van der Waals surface area contributed by atoms with Crippen molar-refractivity contribution >= 4 is 11.9 Å². The van der Waals surface area contributed by atoms with Crippen molar-refractivity contribution in [3.05, 3.63) is 0 Å². The monoisotopic (exact) mass is 510 g/mol. The Morgan fingerprint density at radius 1 is 0.694 bits per heavy atom. The molecule has 0 saturated carbocycles. The van der Waals surface area contributed by atoms with Crippen LogP contribution >= 0.6 is 0 Å². The highest BCUT2D eigenvalue weighted by Crippen LogP contribution is 2.30. The Bertz CT molecular complexity index is 535. The van der Waals surface area contributed by atoms with E-state index in [0.717, 1.165) is 32.1 Å². The van der Waals surface area contributed by atoms with E-state index < -0.39 is 18.1 Å². The summed E-state index contributed by atoms with van der Waals surface area (Å²) in [7, 11) is 0. The van der Waals surface area contributed by atoms with Crippen molar-refractivity contribution in [3.63, 3.8) is 0 Å². The first-order chi connectivity index (χ1) is 17.6. The van der Waals surface area contributed by atoms with Gasteiger partial charge in [-0.3, -0.25) is 9.59 Å². The van der Waals surface area contributed by atoms with Gasteiger partial charge in [0.05, 0.1) is 12.5 Å². The second-order valence-electron chi connectivity index (χ2n) is 11.0. The standard InChI is InChI=1S/C31H58O5/c1-3-5-7-9-11-13-15-17-19-21-23-25-29(33)36-30-27(31(34)35-28(30)26-32)24-22-20-18-16-14-12-10-8-6-4-2/h27-28,30,32H,3-26H2,1-2H3/t27-,28+,30-/m1/s1. The summed E-state index contributed by atoms with van der Waals surface area (Å²) in [5.41, 5.74) is 0. The van der Waals surface area contributed by atoms with Crippen molar-refractivity contribution in [2.24, 2.45) is 5.92 Å². The van der Waals surface area contributed by atoms with Crippen molar-refractivity contribution in [2.75, 3.05) is 6.61 Å². The summed E-state index contributed by atoms with van der Waals surface area (Å²) in [6.07, 6.45) is 25.7. The minimum Gasteiger partial charge on any atom is -0.457 e. The molecule has 1 heterocycles. The molecule has 5 nitrogen and oxygen atoms in total. The summed E-state index contributed by atoms with van der Waals surface area (Å²) in [5, 5.41) is 9.64. The third kappa shape index (κ3) is 15.9. The van der Waals surface area contributed by atoms with Gasteiger partial charge in [-0.2, -0.15) is 0 Å². The van der Waals surface area contributed by atoms with Crippen molar-refractivity contribution in [3.8, 4) is 0 Å². The first-order valence-corrected chi connectivity index (χ1v) is 15.6. The fourth-order valence-corrected chi connectivity index (χ4v) is 5.27. The van der Waals surface area contributed by atoms with Crippen molar-refractivity contribution in [2.45, 2.75) is 174 Å². The lowest BCUT2D eigenvalue weighted by Crippen LogP contribution is -2.34. The van der Waals surface area contributed by atoms with Crippen LogP contribution in [0.25, 0.3) is 0 Å². The molecule has 1 rings (SSSR count). The molecule has 0 aliphatic carbocycles. The smallest absolute Gasteiger partial charge is 0.313 e. The number of ether oxygens (including phenoxy) is 2. The van der Waals surface area contributed by atoms with E-state index in [2.05, 4.69) is 13.8 Å². The maximum absolute atomic E-state index is 12.4. The number of esters is 2. The lowest BCUT2D eigenvalue weighted by molar-refractivity contribution is -0.155. The number of carbonyl (C=O) groups excluding carboxylic acids is 2. The van der Waals surface area contributed by atoms with E-state index in [0.29, 0.717) is 12.8 Å². The van der Waals surface area contributed by atoms with Crippen LogP contribution in [0.4, 0.5) is 0 Å². The van der Waals surface area contributed by atoms with E-state index in [1.54, 1.807) is 0 Å². The normalized spacial score (nSPS) is 19.5. The predicted octanol–water partition coefficient (Wildman–Crippen LogP) is 8.44. The van der Waals surface area contributed by atoms with Crippen LogP contribution in [0.5, 0.6) is 0 Å². The molecule has 0 radical (unpaired) electrons. The zero-order chi connectivity index (χ0) is 26.3. The largest absolute Gasteiger partial charge is 0.457 e. The molecule has 0 bridgehead atoms. The third-order valence-electron chi connectivity index (χ3n) is 7.63. The van der Waals surface area contributed by atoms with Crippen LogP contribution in [0.3, 0.4) is 0 Å². The van der Waals surface area contributed by atoms with Crippen LogP contribution < -0.4 is 0 Å². The van der Waals surface area contributed by atoms with E-state index in [1.807, 2.05) is 0 Å². The topological polar surface area (TPSA) is 72.8 Å². The Morgan fingerprint density at radius 2 is 1.11 bits per heavy atom. The Morgan fingerprint density at radius 3 is 1.56 bits per heavy atom. The molecule has 5 heteroatoms. The number of unbranched alkanes of at least 4 members (excludes halogenated alkanes) is 19. The zero-order valence-corrected chi connectivity index (χ0v) is 23.8. The van der Waals surface area contributed by atoms with Gasteiger partial charge in [-0.1, -0.05) is 142 Å². The third-order valence-corrected chi connectivity index (χ3v) is 7.63. The quantitative estimate of drug-likeness (QED) is 0.0985. The number of hydrogen-bond donors (Lipinski definition) is 1. The minimum atomic E-state index is -0.716. The molecular formula is C31H58O5. The van der Waals surface area contributed by atoms with E-state index in [-0.39, 0.29) is 18.5 Å². The van der Waals surface area contributed by atoms with Crippen LogP contribution in [0, 0.1) is 5.92 Å². The lowest BCUT2D eigenvalue weighted by Gasteiger charge is -2.20. The summed E-state index contributed by atoms with van der Waals surface area (Å²) in [4.78, 5) is 24.8. The van der Waals surface area contributed by atoms with Crippen LogP contribution in [0.1, 0.15) is 162 Å². The Labute approximate surface area is 222 Å². The zero-order valence-electron chi connectivity index (χ0n) is 23.8. The second-order valence-corrected chi connectivity index (χ2v) is 11.0. The fraction of sp³-hybridized carbons (Fsp3) is 0.935. The minimum absolute atomic E-state index is 0.263. The van der Waals surface area contributed by atoms with E-state index in [9.17, 15) is 14.7 Å². The molecule has 212 valence electrons. The number of carbonyl (C=O) groups is 2. The van der Waals surface area contributed by atoms with Gasteiger partial charge in [-0.05, 0) is 12.8 Å². The molecule has 1 fully saturated rings. The molecule has 36 heavy (non-hydrogen) atoms. The lowest BCUT2D eigenvalue weighted by atomic mass is 9.94. The molecule has 0 aromatic carbocycles. The molecule has 0 unspecified atom stereocenters. The van der Waals surface area contributed by atoms with Gasteiger partial charge < -0.3 is 14.6 Å². The highest BCUT2D eigenvalue weighted by Gasteiger charge is 2.46. The van der Waals surface area contributed by atoms with Crippen LogP contribution in [0.2, 0.25) is 0 Å². The van der Waals surface area contributed by atoms with Gasteiger partial charge in [-0.15, -0.1) is 0 Å². The second kappa shape index (κ2) is 23.0. The summed E-state index contributed by atoms with van der Waals surface area (Å²) >= 11 is 0. The van der Waals surface area contributed by atoms with Gasteiger partial charge in [0.25, 0.3) is 0 Å². The first-order valence-electron chi connectivity index (χ1n) is 15.6. The molecule has 1 saturated heterocycles. The van der Waals surface area contributed by atoms with Gasteiger partial charge in [0.1, 0.15) is 0 Å². The fourth-order valence-electron chi connectivity index (χ4n) is 5.27. The van der Waals surface area contributed by atoms with Crippen molar-refractivity contribution in [1.29, 1.82) is 0 Å². The van der Waals surface area contributed by atoms with Crippen LogP contribution in [-0.4, -0.2) is 35.9 Å². The number of aliphatic hydroxyl groups is 1. The Hall–Kier alpha value is -1.10. The first kappa shape index (κ1) is 32.9. The van der Waals surface area contributed by atoms with Gasteiger partial charge in [0, 0.05) is 6.42 Å². The van der Waals surface area contributed by atoms with Crippen LogP contribution in [0.15, 0.2) is 0 Å². The van der Waals surface area contributed by atoms with Gasteiger partial charge >= 0.3 is 11.9 Å². The predicted molar refractivity (Wildman–Crippen MR) is 148 cm³/mol. The van der Waals surface area contributed by atoms with Crippen molar-refractivity contribution < 1.29 is 24.2 Å². The van der Waals surface area contributed by atoms with Gasteiger partial charge in [-0.25, -0.2) is 0 Å². The Balaban J connectivity index is 2.15. The number of aliphatic hydroxyl groups excluding tert-OH is 1. The van der Waals surface area contributed by atoms with Gasteiger partial charge in [0.2, 0.25) is 0 Å². The van der Waals surface area contributed by atoms with Crippen molar-refractivity contribution in [1.82, 2.24) is 0 Å². The summed E-state index contributed by atoms with van der Waals surface area (Å²) in [5.74, 6) is -1.02. The molecule has 1 aliphatic rings. The van der Waals surface area contributed by atoms with E-state index in [1.165, 1.54) is 103 Å². The van der Waals surface area contributed by atoms with Gasteiger partial charge in [0.15, 0.2) is 12.2 Å². The molecule has 0 spiro atoms. The van der Waals surface area contributed by atoms with E-state index >= 15 is 0 Å². The molecule has 1 aliphatic heterocycles. The molecule has 0 amide bonds. The number of rotatable bonds is 25. The summed E-state index contributed by atoms with van der Waals surface area (Å²) in [6.45, 7) is 4.20. The molecule has 0 aromatic rings. The molecule has 1 N–H and O–H groups in total. The summed E-state index contributed by atoms with van der Waals surface area (Å²) in [6, 6.07) is 0.